The second kappa shape index (κ2) is 9.04. The third-order valence-corrected chi connectivity index (χ3v) is 4.86. The Balaban J connectivity index is 1.74. The van der Waals surface area contributed by atoms with Gasteiger partial charge in [0.05, 0.1) is 11.4 Å². The minimum absolute atomic E-state index is 0.149. The standard InChI is InChI=1S/C22H25N5O2S/c1-13(2)15-9-11-16(12-10-15)23-22(30)25-24-20(28)19-17-7-5-6-8-18(17)21(29)27(26-19)14(3)4/h5-14H,1-4H3,(H,24,28)(H2,23,25,30). The molecule has 2 aromatic carbocycles. The van der Waals surface area contributed by atoms with Gasteiger partial charge < -0.3 is 5.32 Å². The predicted octanol–water partition coefficient (Wildman–Crippen LogP) is 3.73. The first-order chi connectivity index (χ1) is 14.3. The summed E-state index contributed by atoms with van der Waals surface area (Å²) in [4.78, 5) is 25.4. The first kappa shape index (κ1) is 21.4. The van der Waals surface area contributed by atoms with Crippen LogP contribution in [0, 0.1) is 0 Å². The lowest BCUT2D eigenvalue weighted by molar-refractivity contribution is 0.0938. The van der Waals surface area contributed by atoms with E-state index in [1.807, 2.05) is 38.1 Å². The Morgan fingerprint density at radius 1 is 0.967 bits per heavy atom. The van der Waals surface area contributed by atoms with Crippen LogP contribution >= 0.6 is 12.2 Å². The van der Waals surface area contributed by atoms with E-state index in [2.05, 4.69) is 35.1 Å². The summed E-state index contributed by atoms with van der Waals surface area (Å²) < 4.78 is 1.31. The Morgan fingerprint density at radius 3 is 2.20 bits per heavy atom. The minimum atomic E-state index is -0.486. The molecule has 30 heavy (non-hydrogen) atoms. The van der Waals surface area contributed by atoms with Crippen molar-refractivity contribution in [2.45, 2.75) is 39.7 Å². The summed E-state index contributed by atoms with van der Waals surface area (Å²) in [5, 5.41) is 8.47. The number of aromatic nitrogens is 2. The fraction of sp³-hybridized carbons (Fsp3) is 0.273. The van der Waals surface area contributed by atoms with Gasteiger partial charge in [0.2, 0.25) is 0 Å². The zero-order valence-electron chi connectivity index (χ0n) is 17.4. The highest BCUT2D eigenvalue weighted by molar-refractivity contribution is 7.80. The number of fused-ring (bicyclic) bond motifs is 1. The summed E-state index contributed by atoms with van der Waals surface area (Å²) in [5.41, 5.74) is 7.20. The SMILES string of the molecule is CC(C)c1ccc(NC(=S)NNC(=O)c2nn(C(C)C)c(=O)c3ccccc23)cc1. The number of hydrazine groups is 1. The van der Waals surface area contributed by atoms with Crippen LogP contribution in [0.4, 0.5) is 5.69 Å². The normalized spacial score (nSPS) is 11.0. The molecule has 3 rings (SSSR count). The number of rotatable bonds is 4. The zero-order chi connectivity index (χ0) is 21.8. The van der Waals surface area contributed by atoms with Gasteiger partial charge in [0.1, 0.15) is 0 Å². The van der Waals surface area contributed by atoms with Gasteiger partial charge in [0.15, 0.2) is 10.8 Å². The second-order valence-corrected chi connectivity index (χ2v) is 7.96. The van der Waals surface area contributed by atoms with Crippen LogP contribution in [0.5, 0.6) is 0 Å². The molecule has 8 heteroatoms. The lowest BCUT2D eigenvalue weighted by Crippen LogP contribution is -2.44. The van der Waals surface area contributed by atoms with Crippen molar-refractivity contribution in [1.82, 2.24) is 20.6 Å². The first-order valence-electron chi connectivity index (χ1n) is 9.76. The summed E-state index contributed by atoms with van der Waals surface area (Å²) in [5.74, 6) is -0.0419. The van der Waals surface area contributed by atoms with Gasteiger partial charge in [-0.2, -0.15) is 5.10 Å². The largest absolute Gasteiger partial charge is 0.331 e. The van der Waals surface area contributed by atoms with Gasteiger partial charge in [-0.15, -0.1) is 0 Å². The van der Waals surface area contributed by atoms with Crippen LogP contribution in [-0.4, -0.2) is 20.8 Å². The third-order valence-electron chi connectivity index (χ3n) is 4.66. The van der Waals surface area contributed by atoms with E-state index in [4.69, 9.17) is 12.2 Å². The summed E-state index contributed by atoms with van der Waals surface area (Å²) in [6.07, 6.45) is 0. The van der Waals surface area contributed by atoms with Crippen molar-refractivity contribution in [3.63, 3.8) is 0 Å². The van der Waals surface area contributed by atoms with Crippen molar-refractivity contribution in [2.24, 2.45) is 0 Å². The molecule has 0 bridgehead atoms. The van der Waals surface area contributed by atoms with Crippen LogP contribution in [0.15, 0.2) is 53.3 Å². The average Bonchev–Trinajstić information content (AvgIpc) is 2.72. The molecule has 0 aliphatic rings. The monoisotopic (exact) mass is 423 g/mol. The van der Waals surface area contributed by atoms with E-state index in [9.17, 15) is 9.59 Å². The molecule has 7 nitrogen and oxygen atoms in total. The van der Waals surface area contributed by atoms with E-state index in [1.54, 1.807) is 24.3 Å². The fourth-order valence-electron chi connectivity index (χ4n) is 3.01. The van der Waals surface area contributed by atoms with Crippen molar-refractivity contribution < 1.29 is 4.79 Å². The van der Waals surface area contributed by atoms with Crippen LogP contribution in [0.1, 0.15) is 55.7 Å². The number of benzene rings is 2. The Hall–Kier alpha value is -3.26. The van der Waals surface area contributed by atoms with Crippen molar-refractivity contribution in [3.05, 3.63) is 70.1 Å². The molecule has 1 heterocycles. The van der Waals surface area contributed by atoms with E-state index in [1.165, 1.54) is 10.2 Å². The molecule has 0 saturated heterocycles. The van der Waals surface area contributed by atoms with Gasteiger partial charge in [0, 0.05) is 11.1 Å². The van der Waals surface area contributed by atoms with E-state index in [0.29, 0.717) is 16.7 Å². The summed E-state index contributed by atoms with van der Waals surface area (Å²) >= 11 is 5.26. The van der Waals surface area contributed by atoms with Crippen LogP contribution in [-0.2, 0) is 0 Å². The molecule has 1 amide bonds. The molecular formula is C22H25N5O2S. The maximum atomic E-state index is 12.8. The molecule has 3 aromatic rings. The van der Waals surface area contributed by atoms with Crippen LogP contribution in [0.3, 0.4) is 0 Å². The highest BCUT2D eigenvalue weighted by atomic mass is 32.1. The highest BCUT2D eigenvalue weighted by Gasteiger charge is 2.18. The number of carbonyl (C=O) groups excluding carboxylic acids is 1. The zero-order valence-corrected chi connectivity index (χ0v) is 18.2. The predicted molar refractivity (Wildman–Crippen MR) is 124 cm³/mol. The third kappa shape index (κ3) is 4.65. The summed E-state index contributed by atoms with van der Waals surface area (Å²) in [7, 11) is 0. The van der Waals surface area contributed by atoms with E-state index < -0.39 is 5.91 Å². The summed E-state index contributed by atoms with van der Waals surface area (Å²) in [6, 6.07) is 14.7. The molecule has 0 saturated carbocycles. The van der Waals surface area contributed by atoms with Gasteiger partial charge >= 0.3 is 0 Å². The number of thiocarbonyl (C=S) groups is 1. The molecule has 0 atom stereocenters. The van der Waals surface area contributed by atoms with Crippen molar-refractivity contribution in [2.75, 3.05) is 5.32 Å². The van der Waals surface area contributed by atoms with Crippen molar-refractivity contribution in [3.8, 4) is 0 Å². The fourth-order valence-corrected chi connectivity index (χ4v) is 3.18. The molecule has 156 valence electrons. The lowest BCUT2D eigenvalue weighted by atomic mass is 10.0. The van der Waals surface area contributed by atoms with Crippen LogP contribution in [0.2, 0.25) is 0 Å². The molecule has 0 unspecified atom stereocenters. The molecule has 0 aliphatic heterocycles. The van der Waals surface area contributed by atoms with Gasteiger partial charge in [-0.25, -0.2) is 4.68 Å². The Bertz CT molecular complexity index is 1140. The quantitative estimate of drug-likeness (QED) is 0.438. The Labute approximate surface area is 180 Å². The van der Waals surface area contributed by atoms with Gasteiger partial charge in [-0.1, -0.05) is 44.2 Å². The van der Waals surface area contributed by atoms with Crippen molar-refractivity contribution in [1.29, 1.82) is 0 Å². The number of carbonyl (C=O) groups is 1. The molecule has 0 spiro atoms. The number of hydrogen-bond acceptors (Lipinski definition) is 4. The number of nitrogens with zero attached hydrogens (tertiary/aromatic N) is 2. The topological polar surface area (TPSA) is 88.0 Å². The number of anilines is 1. The maximum Gasteiger partial charge on any atom is 0.290 e. The van der Waals surface area contributed by atoms with Gasteiger partial charge in [0.25, 0.3) is 11.5 Å². The molecule has 3 N–H and O–H groups in total. The van der Waals surface area contributed by atoms with Crippen LogP contribution in [0.25, 0.3) is 10.8 Å². The Kier molecular flexibility index (Phi) is 6.47. The highest BCUT2D eigenvalue weighted by Crippen LogP contribution is 2.17. The van der Waals surface area contributed by atoms with Crippen LogP contribution < -0.4 is 21.7 Å². The summed E-state index contributed by atoms with van der Waals surface area (Å²) in [6.45, 7) is 7.94. The second-order valence-electron chi connectivity index (χ2n) is 7.55. The lowest BCUT2D eigenvalue weighted by Gasteiger charge is -2.15. The molecule has 0 radical (unpaired) electrons. The van der Waals surface area contributed by atoms with E-state index in [0.717, 1.165) is 5.69 Å². The minimum Gasteiger partial charge on any atom is -0.331 e. The number of nitrogens with one attached hydrogen (secondary N) is 3. The average molecular weight is 424 g/mol. The smallest absolute Gasteiger partial charge is 0.290 e. The number of amides is 1. The van der Waals surface area contributed by atoms with E-state index in [-0.39, 0.29) is 22.4 Å². The number of hydrogen-bond donors (Lipinski definition) is 3. The molecule has 1 aromatic heterocycles. The maximum absolute atomic E-state index is 12.8. The van der Waals surface area contributed by atoms with E-state index >= 15 is 0 Å². The van der Waals surface area contributed by atoms with Crippen molar-refractivity contribution >= 4 is 39.7 Å². The Morgan fingerprint density at radius 2 is 1.60 bits per heavy atom. The first-order valence-corrected chi connectivity index (χ1v) is 10.2. The molecule has 0 fully saturated rings. The molecular weight excluding hydrogens is 398 g/mol. The van der Waals surface area contributed by atoms with Gasteiger partial charge in [-0.3, -0.25) is 20.4 Å². The molecule has 0 aliphatic carbocycles. The van der Waals surface area contributed by atoms with Gasteiger partial charge in [-0.05, 0) is 55.7 Å².